The fourth-order valence-electron chi connectivity index (χ4n) is 2.68. The highest BCUT2D eigenvalue weighted by atomic mass is 16.5. The lowest BCUT2D eigenvalue weighted by Gasteiger charge is -2.25. The van der Waals surface area contributed by atoms with Gasteiger partial charge in [-0.05, 0) is 43.2 Å². The van der Waals surface area contributed by atoms with Crippen LogP contribution in [0.15, 0.2) is 24.3 Å². The first kappa shape index (κ1) is 15.8. The predicted octanol–water partition coefficient (Wildman–Crippen LogP) is 3.18. The summed E-state index contributed by atoms with van der Waals surface area (Å²) in [4.78, 5) is 11.4. The van der Waals surface area contributed by atoms with E-state index in [0.29, 0.717) is 13.2 Å². The van der Waals surface area contributed by atoms with E-state index in [9.17, 15) is 4.79 Å². The Morgan fingerprint density at radius 2 is 2.10 bits per heavy atom. The Kier molecular flexibility index (Phi) is 6.54. The second-order valence-electron chi connectivity index (χ2n) is 5.49. The van der Waals surface area contributed by atoms with Crippen molar-refractivity contribution in [3.63, 3.8) is 0 Å². The number of benzene rings is 1. The zero-order valence-corrected chi connectivity index (χ0v) is 12.9. The quantitative estimate of drug-likeness (QED) is 0.758. The largest absolute Gasteiger partial charge is 0.373 e. The molecule has 2 rings (SSSR count). The van der Waals surface area contributed by atoms with Crippen LogP contribution < -0.4 is 10.6 Å². The molecule has 0 aromatic heterocycles. The summed E-state index contributed by atoms with van der Waals surface area (Å²) in [6.07, 6.45) is 5.48. The van der Waals surface area contributed by atoms with Crippen LogP contribution in [0.25, 0.3) is 0 Å². The molecule has 4 nitrogen and oxygen atoms in total. The highest BCUT2D eigenvalue weighted by Gasteiger charge is 2.19. The number of fused-ring (bicyclic) bond motifs is 1. The summed E-state index contributed by atoms with van der Waals surface area (Å²) in [5.41, 5.74) is 2.77. The lowest BCUT2D eigenvalue weighted by Crippen LogP contribution is -2.36. The smallest absolute Gasteiger partial charge is 0.314 e. The summed E-state index contributed by atoms with van der Waals surface area (Å²) in [6.45, 7) is 4.11. The van der Waals surface area contributed by atoms with Gasteiger partial charge in [0.2, 0.25) is 0 Å². The second kappa shape index (κ2) is 8.67. The van der Waals surface area contributed by atoms with Crippen molar-refractivity contribution < 1.29 is 9.53 Å². The van der Waals surface area contributed by atoms with Crippen molar-refractivity contribution in [2.24, 2.45) is 0 Å². The molecule has 116 valence electrons. The number of rotatable bonds is 7. The van der Waals surface area contributed by atoms with E-state index in [-0.39, 0.29) is 12.1 Å². The third-order valence-electron chi connectivity index (χ3n) is 3.78. The van der Waals surface area contributed by atoms with Gasteiger partial charge in [0.15, 0.2) is 0 Å². The van der Waals surface area contributed by atoms with Crippen LogP contribution in [-0.2, 0) is 11.2 Å². The van der Waals surface area contributed by atoms with Crippen molar-refractivity contribution in [3.8, 4) is 0 Å². The number of carbonyl (C=O) groups excluding carboxylic acids is 1. The van der Waals surface area contributed by atoms with Crippen molar-refractivity contribution >= 4 is 6.03 Å². The van der Waals surface area contributed by atoms with E-state index in [1.54, 1.807) is 0 Å². The maximum atomic E-state index is 11.4. The number of hydrogen-bond acceptors (Lipinski definition) is 2. The third kappa shape index (κ3) is 5.05. The molecular weight excluding hydrogens is 264 g/mol. The molecule has 2 N–H and O–H groups in total. The predicted molar refractivity (Wildman–Crippen MR) is 84.4 cm³/mol. The molecule has 0 aliphatic heterocycles. The Morgan fingerprint density at radius 3 is 2.95 bits per heavy atom. The Labute approximate surface area is 127 Å². The number of urea groups is 1. The van der Waals surface area contributed by atoms with Crippen LogP contribution in [0.2, 0.25) is 0 Å². The molecule has 0 fully saturated rings. The minimum atomic E-state index is -0.0835. The van der Waals surface area contributed by atoms with Gasteiger partial charge >= 0.3 is 6.03 Å². The van der Waals surface area contributed by atoms with Gasteiger partial charge in [-0.2, -0.15) is 0 Å². The number of nitrogens with one attached hydrogen (secondary N) is 2. The molecule has 1 aromatic rings. The molecule has 4 heteroatoms. The van der Waals surface area contributed by atoms with Crippen molar-refractivity contribution in [1.29, 1.82) is 0 Å². The van der Waals surface area contributed by atoms with E-state index in [1.165, 1.54) is 17.5 Å². The van der Waals surface area contributed by atoms with Gasteiger partial charge < -0.3 is 15.4 Å². The molecule has 0 heterocycles. The molecule has 0 unspecified atom stereocenters. The van der Waals surface area contributed by atoms with E-state index in [2.05, 4.69) is 34.9 Å². The zero-order valence-electron chi connectivity index (χ0n) is 12.9. The molecular formula is C17H26N2O2. The highest BCUT2D eigenvalue weighted by molar-refractivity contribution is 5.73. The zero-order chi connectivity index (χ0) is 14.9. The standard InChI is InChI=1S/C17H26N2O2/c1-2-11-18-17(20)19-12-6-13-21-16-10-5-8-14-7-3-4-9-15(14)16/h3-4,7,9,16H,2,5-6,8,10-13H2,1H3,(H2,18,19,20)/t16-/m1/s1. The van der Waals surface area contributed by atoms with E-state index in [1.807, 2.05) is 6.92 Å². The maximum absolute atomic E-state index is 11.4. The summed E-state index contributed by atoms with van der Waals surface area (Å²) in [5.74, 6) is 0. The van der Waals surface area contributed by atoms with Crippen molar-refractivity contribution in [2.45, 2.75) is 45.1 Å². The summed E-state index contributed by atoms with van der Waals surface area (Å²) >= 11 is 0. The Balaban J connectivity index is 1.65. The Hall–Kier alpha value is -1.55. The molecule has 1 aromatic carbocycles. The SMILES string of the molecule is CCCNC(=O)NCCCO[C@@H]1CCCc2ccccc21. The van der Waals surface area contributed by atoms with Crippen LogP contribution in [0.3, 0.4) is 0 Å². The van der Waals surface area contributed by atoms with Gasteiger partial charge in [0.25, 0.3) is 0 Å². The van der Waals surface area contributed by atoms with Crippen LogP contribution in [0.5, 0.6) is 0 Å². The Bertz CT molecular complexity index is 448. The van der Waals surface area contributed by atoms with E-state index in [4.69, 9.17) is 4.74 Å². The lowest BCUT2D eigenvalue weighted by atomic mass is 9.89. The van der Waals surface area contributed by atoms with Crippen molar-refractivity contribution in [2.75, 3.05) is 19.7 Å². The number of ether oxygens (including phenoxy) is 1. The average Bonchev–Trinajstić information content (AvgIpc) is 2.52. The van der Waals surface area contributed by atoms with Crippen LogP contribution >= 0.6 is 0 Å². The van der Waals surface area contributed by atoms with Crippen molar-refractivity contribution in [3.05, 3.63) is 35.4 Å². The fraction of sp³-hybridized carbons (Fsp3) is 0.588. The molecule has 0 bridgehead atoms. The second-order valence-corrected chi connectivity index (χ2v) is 5.49. The molecule has 0 radical (unpaired) electrons. The molecule has 0 spiro atoms. The summed E-state index contributed by atoms with van der Waals surface area (Å²) in [7, 11) is 0. The van der Waals surface area contributed by atoms with Gasteiger partial charge in [-0.3, -0.25) is 0 Å². The molecule has 1 aliphatic rings. The first-order valence-electron chi connectivity index (χ1n) is 8.02. The topological polar surface area (TPSA) is 50.4 Å². The fourth-order valence-corrected chi connectivity index (χ4v) is 2.68. The third-order valence-corrected chi connectivity index (χ3v) is 3.78. The highest BCUT2D eigenvalue weighted by Crippen LogP contribution is 2.32. The molecule has 1 atom stereocenters. The summed E-state index contributed by atoms with van der Waals surface area (Å²) < 4.78 is 6.00. The summed E-state index contributed by atoms with van der Waals surface area (Å²) in [5, 5.41) is 5.64. The van der Waals surface area contributed by atoms with E-state index < -0.39 is 0 Å². The van der Waals surface area contributed by atoms with Crippen LogP contribution in [0.4, 0.5) is 4.79 Å². The van der Waals surface area contributed by atoms with Gasteiger partial charge in [-0.1, -0.05) is 31.2 Å². The minimum absolute atomic E-state index is 0.0835. The minimum Gasteiger partial charge on any atom is -0.373 e. The van der Waals surface area contributed by atoms with Crippen molar-refractivity contribution in [1.82, 2.24) is 10.6 Å². The van der Waals surface area contributed by atoms with Gasteiger partial charge in [0, 0.05) is 19.7 Å². The molecule has 2 amide bonds. The van der Waals surface area contributed by atoms with Gasteiger partial charge in [0.05, 0.1) is 6.10 Å². The molecule has 21 heavy (non-hydrogen) atoms. The van der Waals surface area contributed by atoms with Gasteiger partial charge in [-0.25, -0.2) is 4.79 Å². The molecule has 1 aliphatic carbocycles. The van der Waals surface area contributed by atoms with Gasteiger partial charge in [-0.15, -0.1) is 0 Å². The average molecular weight is 290 g/mol. The number of carbonyl (C=O) groups is 1. The molecule has 0 saturated carbocycles. The number of aryl methyl sites for hydroxylation is 1. The van der Waals surface area contributed by atoms with Crippen LogP contribution in [-0.4, -0.2) is 25.7 Å². The van der Waals surface area contributed by atoms with Gasteiger partial charge in [0.1, 0.15) is 0 Å². The lowest BCUT2D eigenvalue weighted by molar-refractivity contribution is 0.0396. The summed E-state index contributed by atoms with van der Waals surface area (Å²) in [6, 6.07) is 8.47. The normalized spacial score (nSPS) is 17.1. The molecule has 0 saturated heterocycles. The first-order chi connectivity index (χ1) is 10.3. The van der Waals surface area contributed by atoms with Crippen LogP contribution in [0, 0.1) is 0 Å². The van der Waals surface area contributed by atoms with E-state index >= 15 is 0 Å². The number of amides is 2. The Morgan fingerprint density at radius 1 is 1.29 bits per heavy atom. The van der Waals surface area contributed by atoms with E-state index in [0.717, 1.165) is 32.2 Å². The van der Waals surface area contributed by atoms with Crippen LogP contribution in [0.1, 0.15) is 49.8 Å². The first-order valence-corrected chi connectivity index (χ1v) is 8.02. The monoisotopic (exact) mass is 290 g/mol. The number of hydrogen-bond donors (Lipinski definition) is 2. The maximum Gasteiger partial charge on any atom is 0.314 e.